The highest BCUT2D eigenvalue weighted by atomic mass is 16.5. The molecule has 1 aliphatic rings. The number of fused-ring (bicyclic) bond motifs is 1. The number of amides is 1. The maximum absolute atomic E-state index is 13.3. The molecular weight excluding hydrogens is 528 g/mol. The Labute approximate surface area is 237 Å². The third kappa shape index (κ3) is 6.51. The van der Waals surface area contributed by atoms with Gasteiger partial charge in [0.1, 0.15) is 24.7 Å². The fraction of sp³-hybridized carbons (Fsp3) is 0.345. The molecule has 0 saturated carbocycles. The van der Waals surface area contributed by atoms with Crippen LogP contribution >= 0.6 is 0 Å². The number of rotatable bonds is 12. The van der Waals surface area contributed by atoms with Crippen molar-refractivity contribution in [3.63, 3.8) is 0 Å². The van der Waals surface area contributed by atoms with Crippen molar-refractivity contribution < 1.29 is 28.8 Å². The molecule has 216 valence electrons. The third-order valence-electron chi connectivity index (χ3n) is 6.66. The van der Waals surface area contributed by atoms with Crippen LogP contribution in [0.15, 0.2) is 55.0 Å². The zero-order valence-corrected chi connectivity index (χ0v) is 23.1. The van der Waals surface area contributed by atoms with Crippen molar-refractivity contribution in [3.05, 3.63) is 60.7 Å². The maximum atomic E-state index is 13.3. The van der Waals surface area contributed by atoms with E-state index in [1.165, 1.54) is 4.57 Å². The highest BCUT2D eigenvalue weighted by Crippen LogP contribution is 2.38. The molecule has 1 amide bonds. The second-order valence-electron chi connectivity index (χ2n) is 9.36. The van der Waals surface area contributed by atoms with Crippen molar-refractivity contribution in [1.82, 2.24) is 19.9 Å². The molecule has 3 aromatic heterocycles. The van der Waals surface area contributed by atoms with E-state index < -0.39 is 0 Å². The van der Waals surface area contributed by atoms with Crippen LogP contribution in [0.4, 0.5) is 11.4 Å². The molecule has 0 bridgehead atoms. The van der Waals surface area contributed by atoms with E-state index in [1.807, 2.05) is 6.07 Å². The molecule has 1 aliphatic heterocycles. The average Bonchev–Trinajstić information content (AvgIpc) is 3.33. The van der Waals surface area contributed by atoms with Crippen LogP contribution in [0.25, 0.3) is 16.6 Å². The number of hydrogen-bond donors (Lipinski definition) is 3. The second kappa shape index (κ2) is 13.3. The largest absolute Gasteiger partial charge is 0.494 e. The van der Waals surface area contributed by atoms with Crippen LogP contribution in [0.5, 0.6) is 17.4 Å². The minimum atomic E-state index is -0.380. The van der Waals surface area contributed by atoms with Crippen molar-refractivity contribution in [3.8, 4) is 23.2 Å². The van der Waals surface area contributed by atoms with Gasteiger partial charge < -0.3 is 39.6 Å². The van der Waals surface area contributed by atoms with E-state index >= 15 is 0 Å². The standard InChI is InChI=1S/C29H34N6O6/c1-38-12-14-40-25-16-20-19-35(29(37)21(20)17-26(25)41-15-13-39-2)27-5-3-4-22(32-27)28(36)33-23-18-31-7-6-24(23)34-10-8-30-9-11-34/h3-7,16-19,30,37H,8-15H2,1-2H3,(H,33,36). The summed E-state index contributed by atoms with van der Waals surface area (Å²) in [4.78, 5) is 24.2. The molecule has 1 fully saturated rings. The molecule has 3 N–H and O–H groups in total. The first-order valence-corrected chi connectivity index (χ1v) is 13.4. The Morgan fingerprint density at radius 3 is 2.49 bits per heavy atom. The number of nitrogens with one attached hydrogen (secondary N) is 2. The quantitative estimate of drug-likeness (QED) is 0.222. The summed E-state index contributed by atoms with van der Waals surface area (Å²) in [5, 5.41) is 18.7. The molecule has 12 nitrogen and oxygen atoms in total. The fourth-order valence-electron chi connectivity index (χ4n) is 4.61. The number of piperazine rings is 1. The molecule has 1 saturated heterocycles. The molecule has 12 heteroatoms. The third-order valence-corrected chi connectivity index (χ3v) is 6.66. The highest BCUT2D eigenvalue weighted by molar-refractivity contribution is 6.04. The van der Waals surface area contributed by atoms with Gasteiger partial charge in [0.2, 0.25) is 5.88 Å². The highest BCUT2D eigenvalue weighted by Gasteiger charge is 2.19. The van der Waals surface area contributed by atoms with Gasteiger partial charge in [-0.05, 0) is 30.3 Å². The normalized spacial score (nSPS) is 13.4. The fourth-order valence-corrected chi connectivity index (χ4v) is 4.61. The predicted molar refractivity (Wildman–Crippen MR) is 155 cm³/mol. The number of ether oxygens (including phenoxy) is 4. The Morgan fingerprint density at radius 1 is 1.02 bits per heavy atom. The van der Waals surface area contributed by atoms with Gasteiger partial charge in [-0.15, -0.1) is 0 Å². The minimum absolute atomic E-state index is 0.0432. The summed E-state index contributed by atoms with van der Waals surface area (Å²) >= 11 is 0. The Hall–Kier alpha value is -4.39. The van der Waals surface area contributed by atoms with Crippen LogP contribution in [-0.4, -0.2) is 92.4 Å². The molecule has 0 aliphatic carbocycles. The number of nitrogens with zero attached hydrogens (tertiary/aromatic N) is 4. The number of carbonyl (C=O) groups excluding carboxylic acids is 1. The lowest BCUT2D eigenvalue weighted by Gasteiger charge is -2.30. The topological polar surface area (TPSA) is 132 Å². The Balaban J connectivity index is 1.41. The minimum Gasteiger partial charge on any atom is -0.494 e. The van der Waals surface area contributed by atoms with Gasteiger partial charge in [-0.1, -0.05) is 6.07 Å². The Morgan fingerprint density at radius 2 is 1.76 bits per heavy atom. The molecule has 41 heavy (non-hydrogen) atoms. The summed E-state index contributed by atoms with van der Waals surface area (Å²) in [5.74, 6) is 0.939. The monoisotopic (exact) mass is 562 g/mol. The van der Waals surface area contributed by atoms with Crippen LogP contribution in [-0.2, 0) is 9.47 Å². The van der Waals surface area contributed by atoms with E-state index in [4.69, 9.17) is 18.9 Å². The molecule has 0 radical (unpaired) electrons. The number of hydrogen-bond acceptors (Lipinski definition) is 10. The van der Waals surface area contributed by atoms with Crippen LogP contribution in [0.3, 0.4) is 0 Å². The zero-order chi connectivity index (χ0) is 28.6. The van der Waals surface area contributed by atoms with Gasteiger partial charge in [-0.3, -0.25) is 14.3 Å². The zero-order valence-electron chi connectivity index (χ0n) is 23.1. The number of anilines is 2. The lowest BCUT2D eigenvalue weighted by atomic mass is 10.2. The summed E-state index contributed by atoms with van der Waals surface area (Å²) in [6, 6.07) is 10.5. The summed E-state index contributed by atoms with van der Waals surface area (Å²) < 4.78 is 23.4. The lowest BCUT2D eigenvalue weighted by molar-refractivity contribution is 0.102. The van der Waals surface area contributed by atoms with Gasteiger partial charge in [0.05, 0.1) is 30.8 Å². The molecule has 4 aromatic rings. The number of carbonyl (C=O) groups is 1. The first kappa shape index (κ1) is 28.1. The van der Waals surface area contributed by atoms with E-state index in [9.17, 15) is 9.90 Å². The van der Waals surface area contributed by atoms with Gasteiger partial charge in [-0.2, -0.15) is 0 Å². The molecular formula is C29H34N6O6. The second-order valence-corrected chi connectivity index (χ2v) is 9.36. The van der Waals surface area contributed by atoms with E-state index in [2.05, 4.69) is 25.5 Å². The predicted octanol–water partition coefficient (Wildman–Crippen LogP) is 2.84. The first-order valence-electron chi connectivity index (χ1n) is 13.4. The Bertz CT molecular complexity index is 1490. The summed E-state index contributed by atoms with van der Waals surface area (Å²) in [6.45, 7) is 4.87. The number of pyridine rings is 2. The van der Waals surface area contributed by atoms with Crippen molar-refractivity contribution >= 4 is 28.1 Å². The van der Waals surface area contributed by atoms with Crippen molar-refractivity contribution in [2.75, 3.05) is 77.0 Å². The Kier molecular flexibility index (Phi) is 9.14. The summed E-state index contributed by atoms with van der Waals surface area (Å²) in [7, 11) is 3.20. The number of benzene rings is 1. The van der Waals surface area contributed by atoms with Crippen LogP contribution < -0.4 is 25.0 Å². The molecule has 4 heterocycles. The molecule has 0 unspecified atom stereocenters. The van der Waals surface area contributed by atoms with Crippen LogP contribution in [0, 0.1) is 0 Å². The summed E-state index contributed by atoms with van der Waals surface area (Å²) in [6.07, 6.45) is 5.09. The van der Waals surface area contributed by atoms with Crippen molar-refractivity contribution in [1.29, 1.82) is 0 Å². The number of aromatic hydroxyl groups is 1. The summed E-state index contributed by atoms with van der Waals surface area (Å²) in [5.41, 5.74) is 1.72. The average molecular weight is 563 g/mol. The molecule has 0 spiro atoms. The molecule has 1 aromatic carbocycles. The maximum Gasteiger partial charge on any atom is 0.274 e. The van der Waals surface area contributed by atoms with Gasteiger partial charge >= 0.3 is 0 Å². The molecule has 5 rings (SSSR count). The lowest BCUT2D eigenvalue weighted by Crippen LogP contribution is -2.43. The van der Waals surface area contributed by atoms with Crippen LogP contribution in [0.2, 0.25) is 0 Å². The van der Waals surface area contributed by atoms with Gasteiger partial charge in [0.25, 0.3) is 5.91 Å². The van der Waals surface area contributed by atoms with Crippen LogP contribution in [0.1, 0.15) is 10.5 Å². The van der Waals surface area contributed by atoms with E-state index in [-0.39, 0.29) is 17.5 Å². The van der Waals surface area contributed by atoms with E-state index in [0.29, 0.717) is 60.2 Å². The smallest absolute Gasteiger partial charge is 0.274 e. The number of aromatic nitrogens is 3. The SMILES string of the molecule is COCCOc1cc2cn(-c3cccc(C(=O)Nc4cnccc4N4CCNCC4)n3)c(O)c2cc1OCCOC. The van der Waals surface area contributed by atoms with E-state index in [0.717, 1.165) is 31.9 Å². The van der Waals surface area contributed by atoms with Gasteiger partial charge in [0.15, 0.2) is 11.5 Å². The van der Waals surface area contributed by atoms with Crippen molar-refractivity contribution in [2.45, 2.75) is 0 Å². The molecule has 0 atom stereocenters. The first-order chi connectivity index (χ1) is 20.1. The van der Waals surface area contributed by atoms with Gasteiger partial charge in [0, 0.05) is 63.6 Å². The van der Waals surface area contributed by atoms with Gasteiger partial charge in [-0.25, -0.2) is 4.98 Å². The number of methoxy groups -OCH3 is 2. The van der Waals surface area contributed by atoms with E-state index in [1.54, 1.807) is 63.1 Å². The van der Waals surface area contributed by atoms with Crippen molar-refractivity contribution in [2.24, 2.45) is 0 Å².